The first kappa shape index (κ1) is 17.5. The third-order valence-electron chi connectivity index (χ3n) is 5.33. The second-order valence-electron chi connectivity index (χ2n) is 6.90. The van der Waals surface area contributed by atoms with Crippen molar-refractivity contribution in [2.45, 2.75) is 5.60 Å². The Bertz CT molecular complexity index is 1070. The average molecular weight is 388 g/mol. The van der Waals surface area contributed by atoms with Crippen molar-refractivity contribution in [3.8, 4) is 11.5 Å². The Hall–Kier alpha value is -3.55. The Labute approximate surface area is 167 Å². The lowest BCUT2D eigenvalue weighted by Crippen LogP contribution is -2.33. The lowest BCUT2D eigenvalue weighted by atomic mass is 9.77. The zero-order valence-electron chi connectivity index (χ0n) is 15.6. The largest absolute Gasteiger partial charge is 0.456 e. The van der Waals surface area contributed by atoms with Gasteiger partial charge < -0.3 is 31.6 Å². The fraction of sp³-hybridized carbons (Fsp3) is 0.136. The van der Waals surface area contributed by atoms with Gasteiger partial charge in [-0.05, 0) is 30.3 Å². The van der Waals surface area contributed by atoms with Gasteiger partial charge in [0.05, 0.1) is 18.9 Å². The summed E-state index contributed by atoms with van der Waals surface area (Å²) in [5.74, 6) is 0.850. The summed E-state index contributed by atoms with van der Waals surface area (Å²) in [6.45, 7) is 0.589. The van der Waals surface area contributed by atoms with Gasteiger partial charge in [0.25, 0.3) is 0 Å². The van der Waals surface area contributed by atoms with Gasteiger partial charge >= 0.3 is 5.97 Å². The molecule has 1 spiro atoms. The molecular formula is C22H20N4O3. The van der Waals surface area contributed by atoms with E-state index >= 15 is 0 Å². The normalized spacial score (nSPS) is 15.0. The van der Waals surface area contributed by atoms with Gasteiger partial charge in [-0.2, -0.15) is 0 Å². The van der Waals surface area contributed by atoms with Crippen molar-refractivity contribution in [3.63, 3.8) is 0 Å². The van der Waals surface area contributed by atoms with Crippen molar-refractivity contribution < 1.29 is 14.3 Å². The molecule has 6 N–H and O–H groups in total. The Morgan fingerprint density at radius 1 is 0.793 bits per heavy atom. The molecule has 29 heavy (non-hydrogen) atoms. The molecule has 7 heteroatoms. The summed E-state index contributed by atoms with van der Waals surface area (Å²) in [7, 11) is 0. The second kappa shape index (κ2) is 6.51. The van der Waals surface area contributed by atoms with E-state index in [1.165, 1.54) is 0 Å². The number of benzene rings is 3. The van der Waals surface area contributed by atoms with Crippen LogP contribution in [-0.4, -0.2) is 19.3 Å². The molecular weight excluding hydrogens is 368 g/mol. The molecule has 3 aromatic rings. The third kappa shape index (κ3) is 2.48. The number of hydrogen-bond donors (Lipinski definition) is 4. The molecule has 5 rings (SSSR count). The van der Waals surface area contributed by atoms with Gasteiger partial charge in [-0.15, -0.1) is 0 Å². The maximum atomic E-state index is 12.8. The first-order valence-electron chi connectivity index (χ1n) is 9.35. The minimum atomic E-state index is -1.07. The standard InChI is InChI=1S/C22H20N4O3/c23-11-25-13-5-7-17-19(9-13)28-20-10-14(26-12-24)6-8-18(20)22(17)16-4-2-1-3-15(16)21(27)29-22/h1-10,25-26H,11-12,23-24H2. The van der Waals surface area contributed by atoms with Crippen LogP contribution >= 0.6 is 0 Å². The number of ether oxygens (including phenoxy) is 2. The summed E-state index contributed by atoms with van der Waals surface area (Å²) in [5, 5.41) is 6.16. The third-order valence-corrected chi connectivity index (χ3v) is 5.33. The fourth-order valence-corrected chi connectivity index (χ4v) is 4.13. The van der Waals surface area contributed by atoms with Crippen LogP contribution in [-0.2, 0) is 10.3 Å². The predicted octanol–water partition coefficient (Wildman–Crippen LogP) is 2.91. The van der Waals surface area contributed by atoms with Gasteiger partial charge in [0.2, 0.25) is 0 Å². The van der Waals surface area contributed by atoms with E-state index in [2.05, 4.69) is 10.6 Å². The molecule has 0 saturated heterocycles. The Kier molecular flexibility index (Phi) is 3.94. The van der Waals surface area contributed by atoms with E-state index in [1.54, 1.807) is 6.07 Å². The van der Waals surface area contributed by atoms with E-state index in [4.69, 9.17) is 20.9 Å². The summed E-state index contributed by atoms with van der Waals surface area (Å²) in [5.41, 5.74) is 14.7. The van der Waals surface area contributed by atoms with Gasteiger partial charge in [0, 0.05) is 40.2 Å². The van der Waals surface area contributed by atoms with Crippen molar-refractivity contribution in [3.05, 3.63) is 82.9 Å². The number of fused-ring (bicyclic) bond motifs is 6. The lowest BCUT2D eigenvalue weighted by Gasteiger charge is -2.36. The second-order valence-corrected chi connectivity index (χ2v) is 6.90. The summed E-state index contributed by atoms with van der Waals surface area (Å²) in [4.78, 5) is 12.8. The molecule has 0 bridgehead atoms. The molecule has 0 fully saturated rings. The minimum Gasteiger partial charge on any atom is -0.456 e. The summed E-state index contributed by atoms with van der Waals surface area (Å²) >= 11 is 0. The summed E-state index contributed by atoms with van der Waals surface area (Å²) in [6.07, 6.45) is 0. The van der Waals surface area contributed by atoms with Crippen LogP contribution in [0.4, 0.5) is 11.4 Å². The monoisotopic (exact) mass is 388 g/mol. The number of hydrogen-bond acceptors (Lipinski definition) is 7. The Morgan fingerprint density at radius 2 is 1.38 bits per heavy atom. The molecule has 0 radical (unpaired) electrons. The number of anilines is 2. The number of esters is 1. The molecule has 7 nitrogen and oxygen atoms in total. The van der Waals surface area contributed by atoms with Crippen LogP contribution in [0, 0.1) is 0 Å². The first-order chi connectivity index (χ1) is 14.2. The van der Waals surface area contributed by atoms with Crippen molar-refractivity contribution in [1.29, 1.82) is 0 Å². The van der Waals surface area contributed by atoms with Crippen LogP contribution < -0.4 is 26.8 Å². The molecule has 2 aliphatic rings. The SMILES string of the molecule is NCNc1ccc2c(c1)Oc1cc(NCN)ccc1C21OC(=O)c2ccccc21. The van der Waals surface area contributed by atoms with E-state index in [-0.39, 0.29) is 5.97 Å². The topological polar surface area (TPSA) is 112 Å². The summed E-state index contributed by atoms with van der Waals surface area (Å²) < 4.78 is 12.3. The molecule has 0 unspecified atom stereocenters. The molecule has 0 saturated carbocycles. The minimum absolute atomic E-state index is 0.295. The first-order valence-corrected chi connectivity index (χ1v) is 9.35. The highest BCUT2D eigenvalue weighted by atomic mass is 16.6. The smallest absolute Gasteiger partial charge is 0.340 e. The maximum Gasteiger partial charge on any atom is 0.340 e. The van der Waals surface area contributed by atoms with E-state index < -0.39 is 5.60 Å². The molecule has 0 atom stereocenters. The van der Waals surface area contributed by atoms with Gasteiger partial charge in [-0.25, -0.2) is 4.79 Å². The average Bonchev–Trinajstić information content (AvgIpc) is 3.02. The van der Waals surface area contributed by atoms with Crippen LogP contribution in [0.3, 0.4) is 0 Å². The van der Waals surface area contributed by atoms with E-state index in [9.17, 15) is 4.79 Å². The number of nitrogens with two attached hydrogens (primary N) is 2. The zero-order valence-corrected chi connectivity index (χ0v) is 15.6. The highest BCUT2D eigenvalue weighted by molar-refractivity contribution is 5.97. The highest BCUT2D eigenvalue weighted by Gasteiger charge is 2.53. The molecule has 146 valence electrons. The quantitative estimate of drug-likeness (QED) is 0.402. The lowest BCUT2D eigenvalue weighted by molar-refractivity contribution is 0.0224. The highest BCUT2D eigenvalue weighted by Crippen LogP contribution is 2.56. The van der Waals surface area contributed by atoms with Crippen LogP contribution in [0.25, 0.3) is 0 Å². The van der Waals surface area contributed by atoms with E-state index in [1.807, 2.05) is 54.6 Å². The molecule has 0 aromatic heterocycles. The van der Waals surface area contributed by atoms with Crippen LogP contribution in [0.15, 0.2) is 60.7 Å². The molecule has 0 aliphatic carbocycles. The molecule has 3 aromatic carbocycles. The van der Waals surface area contributed by atoms with Gasteiger partial charge in [-0.3, -0.25) is 0 Å². The van der Waals surface area contributed by atoms with Gasteiger partial charge in [-0.1, -0.05) is 18.2 Å². The predicted molar refractivity (Wildman–Crippen MR) is 110 cm³/mol. The number of rotatable bonds is 4. The van der Waals surface area contributed by atoms with Crippen molar-refractivity contribution in [2.24, 2.45) is 11.5 Å². The fourth-order valence-electron chi connectivity index (χ4n) is 4.13. The molecule has 2 heterocycles. The van der Waals surface area contributed by atoms with Crippen molar-refractivity contribution >= 4 is 17.3 Å². The molecule has 2 aliphatic heterocycles. The number of nitrogens with one attached hydrogen (secondary N) is 2. The Morgan fingerprint density at radius 3 is 1.97 bits per heavy atom. The number of carbonyl (C=O) groups excluding carboxylic acids is 1. The molecule has 0 amide bonds. The van der Waals surface area contributed by atoms with Crippen LogP contribution in [0.1, 0.15) is 27.0 Å². The van der Waals surface area contributed by atoms with Crippen molar-refractivity contribution in [1.82, 2.24) is 0 Å². The van der Waals surface area contributed by atoms with Crippen LogP contribution in [0.2, 0.25) is 0 Å². The Balaban J connectivity index is 1.79. The van der Waals surface area contributed by atoms with E-state index in [0.29, 0.717) is 30.4 Å². The zero-order chi connectivity index (χ0) is 20.0. The number of carbonyl (C=O) groups is 1. The van der Waals surface area contributed by atoms with Gasteiger partial charge in [0.1, 0.15) is 11.5 Å². The summed E-state index contributed by atoms with van der Waals surface area (Å²) in [6, 6.07) is 18.8. The van der Waals surface area contributed by atoms with Crippen LogP contribution in [0.5, 0.6) is 11.5 Å². The van der Waals surface area contributed by atoms with E-state index in [0.717, 1.165) is 28.1 Å². The maximum absolute atomic E-state index is 12.8. The van der Waals surface area contributed by atoms with Crippen molar-refractivity contribution in [2.75, 3.05) is 24.0 Å². The van der Waals surface area contributed by atoms with Gasteiger partial charge in [0.15, 0.2) is 5.60 Å².